The van der Waals surface area contributed by atoms with Crippen molar-refractivity contribution in [2.45, 2.75) is 0 Å². The molecule has 3 nitrogen and oxygen atoms in total. The minimum Gasteiger partial charge on any atom is -0.455 e. The number of para-hydroxylation sites is 4. The van der Waals surface area contributed by atoms with E-state index in [1.807, 2.05) is 0 Å². The lowest BCUT2D eigenvalue weighted by molar-refractivity contribution is 0.670. The Bertz CT molecular complexity index is 4520. The molecule has 240 valence electrons. The zero-order valence-corrected chi connectivity index (χ0v) is 25.3. The maximum atomic E-state index is 9.91. The normalized spacial score (nSPS) is 20.3. The monoisotopic (exact) mass is 684 g/mol. The number of rotatable bonds is 6. The summed E-state index contributed by atoms with van der Waals surface area (Å²) < 4.78 is 295. The van der Waals surface area contributed by atoms with Gasteiger partial charge in [0.05, 0.1) is 60.6 Å². The smallest absolute Gasteiger partial charge is 0.145 e. The van der Waals surface area contributed by atoms with E-state index in [2.05, 4.69) is 0 Å². The van der Waals surface area contributed by atoms with E-state index in [1.165, 1.54) is 0 Å². The van der Waals surface area contributed by atoms with Crippen molar-refractivity contribution in [1.82, 2.24) is 4.57 Å². The molecule has 0 aliphatic heterocycles. The van der Waals surface area contributed by atoms with Crippen molar-refractivity contribution in [3.8, 4) is 27.9 Å². The van der Waals surface area contributed by atoms with Crippen molar-refractivity contribution < 1.29 is 48.3 Å². The molecular weight excluding hydrogens is 621 g/mol. The van der Waals surface area contributed by atoms with Crippen LogP contribution in [-0.2, 0) is 0 Å². The molecule has 0 radical (unpaired) electrons. The molecule has 10 rings (SSSR count). The Hall–Kier alpha value is -6.84. The van der Waals surface area contributed by atoms with Gasteiger partial charge < -0.3 is 13.9 Å². The second-order valence-corrected chi connectivity index (χ2v) is 10.5. The summed E-state index contributed by atoms with van der Waals surface area (Å²) in [5.74, 6) is 0. The van der Waals surface area contributed by atoms with E-state index in [9.17, 15) is 16.4 Å². The first kappa shape index (κ1) is 11.3. The van der Waals surface area contributed by atoms with E-state index in [-0.39, 0.29) is 0 Å². The molecule has 0 N–H and O–H groups in total. The third-order valence-electron chi connectivity index (χ3n) is 7.74. The average Bonchev–Trinajstić information content (AvgIpc) is 1.74. The van der Waals surface area contributed by atoms with Crippen molar-refractivity contribution in [2.24, 2.45) is 0 Å². The third-order valence-corrected chi connectivity index (χ3v) is 7.74. The second-order valence-electron chi connectivity index (χ2n) is 10.5. The SMILES string of the molecule is [2H]c1c([2H])c([2H])c(-c2c([2H])c([2H])c(N(c3c([2H])c([2H])c([2H])c([2H])c3[2H])c3c([2H])c([2H])c4c(oc5c([2H])c([2H])c([2H])c([2H])c54)c3-c3c([2H])c([2H])c(-n4c5c([2H])c([2H])c([2H])c([2H])c5c5c([2H])c([2H])c([2H])c([2H])c54)c([2H])c3[2H])c([2H])c2[2H])c([2H])c1[2H]. The van der Waals surface area contributed by atoms with Crippen LogP contribution in [0.1, 0.15) is 43.9 Å². The van der Waals surface area contributed by atoms with Crippen LogP contribution >= 0.6 is 0 Å². The van der Waals surface area contributed by atoms with Gasteiger partial charge in [0.15, 0.2) is 0 Å². The maximum Gasteiger partial charge on any atom is 0.145 e. The van der Waals surface area contributed by atoms with Crippen LogP contribution in [0.15, 0.2) is 198 Å². The summed E-state index contributed by atoms with van der Waals surface area (Å²) in [4.78, 5) is 0.323. The fourth-order valence-corrected chi connectivity index (χ4v) is 5.60. The standard InChI is InChI=1S/C48H32N2O/c1-3-13-33(14-4-1)34-23-27-37(28-24-34)49(36-15-5-2-6-16-36)45-32-31-42-41-19-9-12-22-46(41)51-48(42)47(45)35-25-29-38(30-26-35)50-43-20-10-7-17-39(43)40-18-8-11-21-44(40)50/h1-32H/i1D,2D,3D,4D,5D,6D,7D,8D,9D,10D,11D,12D,13D,14D,15D,16D,17D,18D,19D,20D,21D,22D,23D,24D,25D,26D,27D,28D,29D,30D,31D,32D. The van der Waals surface area contributed by atoms with Crippen LogP contribution in [0.5, 0.6) is 0 Å². The molecule has 3 heteroatoms. The zero-order valence-electron chi connectivity index (χ0n) is 57.3. The number of aromatic nitrogens is 1. The lowest BCUT2D eigenvalue weighted by Gasteiger charge is -2.28. The Labute approximate surface area is 340 Å². The van der Waals surface area contributed by atoms with Crippen molar-refractivity contribution in [3.63, 3.8) is 0 Å². The van der Waals surface area contributed by atoms with Crippen molar-refractivity contribution in [1.29, 1.82) is 0 Å². The number of anilines is 3. The molecule has 2 aromatic heterocycles. The number of furan rings is 1. The summed E-state index contributed by atoms with van der Waals surface area (Å²) in [6.07, 6.45) is 0. The third kappa shape index (κ3) is 4.82. The van der Waals surface area contributed by atoms with Gasteiger partial charge in [0.1, 0.15) is 11.2 Å². The highest BCUT2D eigenvalue weighted by Crippen LogP contribution is 2.47. The van der Waals surface area contributed by atoms with Gasteiger partial charge in [-0.2, -0.15) is 0 Å². The molecule has 0 aliphatic carbocycles. The average molecular weight is 685 g/mol. The van der Waals surface area contributed by atoms with Gasteiger partial charge in [0.25, 0.3) is 0 Å². The Kier molecular flexibility index (Phi) is 2.66. The summed E-state index contributed by atoms with van der Waals surface area (Å²) in [5.41, 5.74) is -11.4. The Morgan fingerprint density at radius 1 is 0.412 bits per heavy atom. The van der Waals surface area contributed by atoms with Gasteiger partial charge in [-0.1, -0.05) is 127 Å². The van der Waals surface area contributed by atoms with Crippen LogP contribution in [0.4, 0.5) is 17.1 Å². The molecule has 0 spiro atoms. The van der Waals surface area contributed by atoms with E-state index < -0.39 is 282 Å². The van der Waals surface area contributed by atoms with Gasteiger partial charge in [0.2, 0.25) is 0 Å². The van der Waals surface area contributed by atoms with E-state index in [4.69, 9.17) is 31.8 Å². The lowest BCUT2D eigenvalue weighted by Crippen LogP contribution is -2.11. The van der Waals surface area contributed by atoms with Crippen LogP contribution in [0.3, 0.4) is 0 Å². The molecule has 2 heterocycles. The van der Waals surface area contributed by atoms with Crippen LogP contribution < -0.4 is 4.90 Å². The van der Waals surface area contributed by atoms with Gasteiger partial charge in [-0.3, -0.25) is 0 Å². The first-order valence-electron chi connectivity index (χ1n) is 30.7. The van der Waals surface area contributed by atoms with Crippen LogP contribution in [0.2, 0.25) is 0 Å². The van der Waals surface area contributed by atoms with Crippen molar-refractivity contribution in [3.05, 3.63) is 193 Å². The summed E-state index contributed by atoms with van der Waals surface area (Å²) in [5, 5.41) is -2.42. The fraction of sp³-hybridized carbons (Fsp3) is 0. The molecule has 8 aromatic carbocycles. The van der Waals surface area contributed by atoms with Gasteiger partial charge >= 0.3 is 0 Å². The number of hydrogen-bond donors (Lipinski definition) is 0. The molecule has 0 unspecified atom stereocenters. The van der Waals surface area contributed by atoms with Gasteiger partial charge in [-0.25, -0.2) is 0 Å². The molecule has 0 fully saturated rings. The Balaban J connectivity index is 1.48. The molecule has 51 heavy (non-hydrogen) atoms. The predicted octanol–water partition coefficient (Wildman–Crippen LogP) is 13.5. The molecule has 10 aromatic rings. The largest absolute Gasteiger partial charge is 0.455 e. The summed E-state index contributed by atoms with van der Waals surface area (Å²) >= 11 is 0. The summed E-state index contributed by atoms with van der Waals surface area (Å²) in [7, 11) is 0. The van der Waals surface area contributed by atoms with Crippen LogP contribution in [-0.4, -0.2) is 4.57 Å². The van der Waals surface area contributed by atoms with Crippen molar-refractivity contribution in [2.75, 3.05) is 4.90 Å². The topological polar surface area (TPSA) is 21.3 Å². The molecule has 0 amide bonds. The van der Waals surface area contributed by atoms with Gasteiger partial charge in [0, 0.05) is 44.2 Å². The second kappa shape index (κ2) is 11.9. The maximum absolute atomic E-state index is 9.91. The van der Waals surface area contributed by atoms with Crippen LogP contribution in [0, 0.1) is 0 Å². The number of fused-ring (bicyclic) bond motifs is 6. The molecular formula is C48H32N2O. The number of benzene rings is 8. The van der Waals surface area contributed by atoms with Gasteiger partial charge in [-0.15, -0.1) is 0 Å². The fourth-order valence-electron chi connectivity index (χ4n) is 5.60. The summed E-state index contributed by atoms with van der Waals surface area (Å²) in [6.45, 7) is 0. The summed E-state index contributed by atoms with van der Waals surface area (Å²) in [6, 6.07) is -33.9. The minimum absolute atomic E-state index is 0.323. The van der Waals surface area contributed by atoms with E-state index in [0.29, 0.717) is 9.47 Å². The molecule has 0 atom stereocenters. The van der Waals surface area contributed by atoms with E-state index >= 15 is 0 Å². The number of nitrogens with zero attached hydrogens (tertiary/aromatic N) is 2. The number of hydrogen-bond acceptors (Lipinski definition) is 2. The first-order valence-corrected chi connectivity index (χ1v) is 14.7. The highest BCUT2D eigenvalue weighted by molar-refractivity contribution is 6.13. The lowest BCUT2D eigenvalue weighted by atomic mass is 9.98. The van der Waals surface area contributed by atoms with Crippen LogP contribution in [0.25, 0.3) is 71.7 Å². The highest BCUT2D eigenvalue weighted by Gasteiger charge is 2.23. The quantitative estimate of drug-likeness (QED) is 0.174. The first-order chi connectivity index (χ1) is 38.6. The molecule has 0 aliphatic rings. The minimum atomic E-state index is -1.31. The highest BCUT2D eigenvalue weighted by atomic mass is 16.3. The van der Waals surface area contributed by atoms with E-state index in [0.717, 1.165) is 0 Å². The molecule has 0 saturated heterocycles. The molecule has 0 saturated carbocycles. The Morgan fingerprint density at radius 3 is 1.63 bits per heavy atom. The Morgan fingerprint density at radius 2 is 0.941 bits per heavy atom. The molecule has 0 bridgehead atoms. The van der Waals surface area contributed by atoms with E-state index in [1.54, 1.807) is 0 Å². The van der Waals surface area contributed by atoms with Crippen molar-refractivity contribution >= 4 is 60.8 Å². The zero-order chi connectivity index (χ0) is 61.6. The predicted molar refractivity (Wildman–Crippen MR) is 214 cm³/mol. The van der Waals surface area contributed by atoms with Gasteiger partial charge in [-0.05, 0) is 83.2 Å².